The third-order valence-corrected chi connectivity index (χ3v) is 3.79. The van der Waals surface area contributed by atoms with Gasteiger partial charge in [-0.15, -0.1) is 0 Å². The Morgan fingerprint density at radius 2 is 1.92 bits per heavy atom. The SMILES string of the molecule is COc1cccc(C(=O)NCCCN(C(=O)O)C(CC(C)C)C(=O)O)c1. The van der Waals surface area contributed by atoms with Crippen LogP contribution in [-0.4, -0.2) is 59.3 Å². The molecule has 0 aliphatic heterocycles. The van der Waals surface area contributed by atoms with Crippen molar-refractivity contribution in [2.75, 3.05) is 20.2 Å². The molecular formula is C18H26N2O6. The lowest BCUT2D eigenvalue weighted by molar-refractivity contribution is -0.143. The summed E-state index contributed by atoms with van der Waals surface area (Å²) in [5.41, 5.74) is 0.433. The Morgan fingerprint density at radius 1 is 1.23 bits per heavy atom. The molecule has 0 aliphatic carbocycles. The summed E-state index contributed by atoms with van der Waals surface area (Å²) in [7, 11) is 1.51. The molecule has 0 bridgehead atoms. The van der Waals surface area contributed by atoms with Gasteiger partial charge in [0.15, 0.2) is 0 Å². The van der Waals surface area contributed by atoms with Gasteiger partial charge in [-0.1, -0.05) is 19.9 Å². The van der Waals surface area contributed by atoms with Crippen molar-refractivity contribution < 1.29 is 29.3 Å². The molecule has 3 N–H and O–H groups in total. The number of carbonyl (C=O) groups is 3. The van der Waals surface area contributed by atoms with Crippen LogP contribution in [0.15, 0.2) is 24.3 Å². The quantitative estimate of drug-likeness (QED) is 0.547. The van der Waals surface area contributed by atoms with E-state index in [2.05, 4.69) is 5.32 Å². The van der Waals surface area contributed by atoms with Crippen molar-refractivity contribution in [2.45, 2.75) is 32.7 Å². The van der Waals surface area contributed by atoms with E-state index in [4.69, 9.17) is 4.74 Å². The molecule has 1 aromatic rings. The first kappa shape index (κ1) is 21.3. The number of carboxylic acid groups (broad SMARTS) is 2. The second kappa shape index (κ2) is 10.3. The van der Waals surface area contributed by atoms with Gasteiger partial charge in [0.2, 0.25) is 0 Å². The van der Waals surface area contributed by atoms with Crippen molar-refractivity contribution in [1.82, 2.24) is 10.2 Å². The lowest BCUT2D eigenvalue weighted by Crippen LogP contribution is -2.46. The van der Waals surface area contributed by atoms with E-state index in [0.717, 1.165) is 4.90 Å². The van der Waals surface area contributed by atoms with Crippen LogP contribution in [0.4, 0.5) is 4.79 Å². The Balaban J connectivity index is 2.58. The van der Waals surface area contributed by atoms with E-state index in [1.165, 1.54) is 7.11 Å². The van der Waals surface area contributed by atoms with E-state index < -0.39 is 18.1 Å². The standard InChI is InChI=1S/C18H26N2O6/c1-12(2)10-15(17(22)23)20(18(24)25)9-5-8-19-16(21)13-6-4-7-14(11-13)26-3/h4,6-7,11-12,15H,5,8-10H2,1-3H3,(H,19,21)(H,22,23)(H,24,25). The molecule has 0 spiro atoms. The number of hydrogen-bond donors (Lipinski definition) is 3. The van der Waals surface area contributed by atoms with Crippen LogP contribution >= 0.6 is 0 Å². The van der Waals surface area contributed by atoms with Gasteiger partial charge < -0.3 is 20.3 Å². The van der Waals surface area contributed by atoms with E-state index >= 15 is 0 Å². The van der Waals surface area contributed by atoms with Crippen molar-refractivity contribution in [3.05, 3.63) is 29.8 Å². The van der Waals surface area contributed by atoms with E-state index in [1.54, 1.807) is 24.3 Å². The van der Waals surface area contributed by atoms with Crippen molar-refractivity contribution in [3.63, 3.8) is 0 Å². The van der Waals surface area contributed by atoms with Gasteiger partial charge in [0, 0.05) is 18.7 Å². The third-order valence-electron chi connectivity index (χ3n) is 3.79. The monoisotopic (exact) mass is 366 g/mol. The number of benzene rings is 1. The smallest absolute Gasteiger partial charge is 0.408 e. The van der Waals surface area contributed by atoms with Crippen LogP contribution in [0.2, 0.25) is 0 Å². The molecule has 1 unspecified atom stereocenters. The van der Waals surface area contributed by atoms with Crippen LogP contribution in [-0.2, 0) is 4.79 Å². The molecule has 0 aromatic heterocycles. The fourth-order valence-electron chi connectivity index (χ4n) is 2.51. The Labute approximate surface area is 152 Å². The van der Waals surface area contributed by atoms with E-state index in [0.29, 0.717) is 17.7 Å². The van der Waals surface area contributed by atoms with Gasteiger partial charge in [-0.2, -0.15) is 0 Å². The van der Waals surface area contributed by atoms with E-state index in [1.807, 2.05) is 13.8 Å². The van der Waals surface area contributed by atoms with Crippen LogP contribution < -0.4 is 10.1 Å². The van der Waals surface area contributed by atoms with Gasteiger partial charge in [-0.25, -0.2) is 9.59 Å². The predicted octanol–water partition coefficient (Wildman–Crippen LogP) is 2.29. The summed E-state index contributed by atoms with van der Waals surface area (Å²) in [6, 6.07) is 5.57. The molecule has 0 saturated heterocycles. The summed E-state index contributed by atoms with van der Waals surface area (Å²) in [6.45, 7) is 3.93. The lowest BCUT2D eigenvalue weighted by Gasteiger charge is -2.27. The zero-order chi connectivity index (χ0) is 19.7. The number of carbonyl (C=O) groups excluding carboxylic acids is 1. The van der Waals surface area contributed by atoms with Crippen LogP contribution in [0.1, 0.15) is 37.0 Å². The Kier molecular flexibility index (Phi) is 8.41. The van der Waals surface area contributed by atoms with Gasteiger partial charge in [0.1, 0.15) is 11.8 Å². The molecule has 0 heterocycles. The van der Waals surface area contributed by atoms with Crippen molar-refractivity contribution in [2.24, 2.45) is 5.92 Å². The molecule has 0 saturated carbocycles. The zero-order valence-corrected chi connectivity index (χ0v) is 15.3. The van der Waals surface area contributed by atoms with Gasteiger partial charge in [0.25, 0.3) is 5.91 Å². The molecule has 0 aliphatic rings. The van der Waals surface area contributed by atoms with E-state index in [9.17, 15) is 24.6 Å². The maximum absolute atomic E-state index is 12.1. The summed E-state index contributed by atoms with van der Waals surface area (Å²) >= 11 is 0. The largest absolute Gasteiger partial charge is 0.497 e. The summed E-state index contributed by atoms with van der Waals surface area (Å²) in [5, 5.41) is 21.3. The molecule has 8 heteroatoms. The molecule has 144 valence electrons. The molecule has 8 nitrogen and oxygen atoms in total. The molecule has 1 aromatic carbocycles. The number of nitrogens with one attached hydrogen (secondary N) is 1. The number of aliphatic carboxylic acids is 1. The fraction of sp³-hybridized carbons (Fsp3) is 0.500. The molecule has 0 fully saturated rings. The topological polar surface area (TPSA) is 116 Å². The number of hydrogen-bond acceptors (Lipinski definition) is 4. The van der Waals surface area contributed by atoms with E-state index in [-0.39, 0.29) is 31.3 Å². The molecule has 2 amide bonds. The van der Waals surface area contributed by atoms with Crippen molar-refractivity contribution in [1.29, 1.82) is 0 Å². The summed E-state index contributed by atoms with van der Waals surface area (Å²) in [6.07, 6.45) is -0.737. The summed E-state index contributed by atoms with van der Waals surface area (Å²) in [5.74, 6) is -0.859. The van der Waals surface area contributed by atoms with Crippen molar-refractivity contribution >= 4 is 18.0 Å². The Morgan fingerprint density at radius 3 is 2.46 bits per heavy atom. The summed E-state index contributed by atoms with van der Waals surface area (Å²) in [4.78, 5) is 35.8. The van der Waals surface area contributed by atoms with Crippen LogP contribution in [0, 0.1) is 5.92 Å². The minimum Gasteiger partial charge on any atom is -0.497 e. The number of nitrogens with zero attached hydrogens (tertiary/aromatic N) is 1. The molecule has 1 rings (SSSR count). The molecular weight excluding hydrogens is 340 g/mol. The lowest BCUT2D eigenvalue weighted by atomic mass is 10.0. The first-order valence-corrected chi connectivity index (χ1v) is 8.40. The number of ether oxygens (including phenoxy) is 1. The minimum absolute atomic E-state index is 0.0252. The highest BCUT2D eigenvalue weighted by molar-refractivity contribution is 5.94. The number of carboxylic acids is 1. The van der Waals surface area contributed by atoms with Crippen LogP contribution in [0.3, 0.4) is 0 Å². The average Bonchev–Trinajstić information content (AvgIpc) is 2.59. The highest BCUT2D eigenvalue weighted by atomic mass is 16.5. The average molecular weight is 366 g/mol. The Bertz CT molecular complexity index is 632. The first-order chi connectivity index (χ1) is 12.3. The molecule has 26 heavy (non-hydrogen) atoms. The van der Waals surface area contributed by atoms with Gasteiger partial charge in [-0.3, -0.25) is 9.69 Å². The minimum atomic E-state index is -1.28. The van der Waals surface area contributed by atoms with Crippen LogP contribution in [0.25, 0.3) is 0 Å². The molecule has 0 radical (unpaired) electrons. The number of rotatable bonds is 10. The number of methoxy groups -OCH3 is 1. The maximum Gasteiger partial charge on any atom is 0.408 e. The van der Waals surface area contributed by atoms with Gasteiger partial charge in [-0.05, 0) is 37.0 Å². The highest BCUT2D eigenvalue weighted by Crippen LogP contribution is 2.14. The Hall–Kier alpha value is -2.77. The first-order valence-electron chi connectivity index (χ1n) is 8.40. The normalized spacial score (nSPS) is 11.7. The maximum atomic E-state index is 12.1. The summed E-state index contributed by atoms with van der Waals surface area (Å²) < 4.78 is 5.06. The van der Waals surface area contributed by atoms with Crippen LogP contribution in [0.5, 0.6) is 5.75 Å². The van der Waals surface area contributed by atoms with Crippen molar-refractivity contribution in [3.8, 4) is 5.75 Å². The number of amides is 2. The van der Waals surface area contributed by atoms with Gasteiger partial charge in [0.05, 0.1) is 7.11 Å². The zero-order valence-electron chi connectivity index (χ0n) is 15.3. The third kappa shape index (κ3) is 6.62. The second-order valence-corrected chi connectivity index (χ2v) is 6.30. The predicted molar refractivity (Wildman–Crippen MR) is 95.6 cm³/mol. The second-order valence-electron chi connectivity index (χ2n) is 6.30. The fourth-order valence-corrected chi connectivity index (χ4v) is 2.51. The molecule has 1 atom stereocenters. The van der Waals surface area contributed by atoms with Gasteiger partial charge >= 0.3 is 12.1 Å². The highest BCUT2D eigenvalue weighted by Gasteiger charge is 2.29.